The van der Waals surface area contributed by atoms with E-state index in [1.807, 2.05) is 27.2 Å². The minimum Gasteiger partial charge on any atom is -0.301 e. The highest BCUT2D eigenvalue weighted by Gasteiger charge is 2.20. The Balaban J connectivity index is 1.25. The molecule has 0 bridgehead atoms. The number of pyridine rings is 1. The third-order valence-corrected chi connectivity index (χ3v) is 10.8. The fraction of sp³-hybridized carbons (Fsp3) is 0. The second-order valence-electron chi connectivity index (χ2n) is 10.9. The maximum Gasteiger partial charge on any atom is 0.109 e. The molecule has 0 saturated carbocycles. The average molecular weight is 572 g/mol. The summed E-state index contributed by atoms with van der Waals surface area (Å²) in [7, 11) is 0. The number of hydrogen-bond acceptors (Lipinski definition) is 3. The Bertz CT molecular complexity index is 2650. The first-order chi connectivity index (χ1) is 20.8. The fourth-order valence-electron chi connectivity index (χ4n) is 6.58. The molecule has 5 heteroatoms. The van der Waals surface area contributed by atoms with Gasteiger partial charge in [0.2, 0.25) is 0 Å². The number of hydrogen-bond donors (Lipinski definition) is 0. The smallest absolute Gasteiger partial charge is 0.109 e. The summed E-state index contributed by atoms with van der Waals surface area (Å²) >= 11 is 3.76. The summed E-state index contributed by atoms with van der Waals surface area (Å²) in [5.41, 5.74) is 5.58. The van der Waals surface area contributed by atoms with Crippen molar-refractivity contribution < 1.29 is 0 Å². The van der Waals surface area contributed by atoms with E-state index < -0.39 is 0 Å². The van der Waals surface area contributed by atoms with Crippen LogP contribution in [-0.4, -0.2) is 14.2 Å². The van der Waals surface area contributed by atoms with Gasteiger partial charge in [0.15, 0.2) is 0 Å². The highest BCUT2D eigenvalue weighted by atomic mass is 32.1. The Morgan fingerprint density at radius 2 is 1.33 bits per heavy atom. The lowest BCUT2D eigenvalue weighted by atomic mass is 10.1. The summed E-state index contributed by atoms with van der Waals surface area (Å²) in [5, 5.41) is 14.0. The van der Waals surface area contributed by atoms with E-state index in [-0.39, 0.29) is 0 Å². The van der Waals surface area contributed by atoms with Gasteiger partial charge in [-0.3, -0.25) is 0 Å². The monoisotopic (exact) mass is 571 g/mol. The SMILES string of the molecule is c1cc(-c2cc3cc4ccccc4cn3n2)cc(-n2c3cc4c(cc3c3c5ccccc5sc32)sc2ccccc24)c1. The van der Waals surface area contributed by atoms with Crippen molar-refractivity contribution >= 4 is 90.3 Å². The molecule has 0 unspecified atom stereocenters. The maximum absolute atomic E-state index is 4.99. The Kier molecular flexibility index (Phi) is 4.48. The van der Waals surface area contributed by atoms with Gasteiger partial charge in [0, 0.05) is 63.9 Å². The number of nitrogens with zero attached hydrogens (tertiary/aromatic N) is 3. The molecule has 0 radical (unpaired) electrons. The Hall–Kier alpha value is -4.97. The van der Waals surface area contributed by atoms with Gasteiger partial charge in [-0.1, -0.05) is 72.8 Å². The van der Waals surface area contributed by atoms with Crippen molar-refractivity contribution in [3.8, 4) is 16.9 Å². The van der Waals surface area contributed by atoms with Crippen molar-refractivity contribution in [3.63, 3.8) is 0 Å². The van der Waals surface area contributed by atoms with Crippen LogP contribution in [0.2, 0.25) is 0 Å². The van der Waals surface area contributed by atoms with Crippen molar-refractivity contribution in [2.24, 2.45) is 0 Å². The summed E-state index contributed by atoms with van der Waals surface area (Å²) in [4.78, 5) is 1.28. The maximum atomic E-state index is 4.99. The molecule has 10 rings (SSSR count). The third kappa shape index (κ3) is 3.12. The molecule has 42 heavy (non-hydrogen) atoms. The van der Waals surface area contributed by atoms with E-state index in [9.17, 15) is 0 Å². The molecule has 3 nitrogen and oxygen atoms in total. The molecule has 5 aromatic carbocycles. The van der Waals surface area contributed by atoms with Gasteiger partial charge < -0.3 is 4.57 Å². The zero-order valence-electron chi connectivity index (χ0n) is 22.3. The number of rotatable bonds is 2. The van der Waals surface area contributed by atoms with E-state index in [2.05, 4.69) is 132 Å². The molecule has 0 fully saturated rings. The van der Waals surface area contributed by atoms with E-state index in [1.54, 1.807) is 0 Å². The molecule has 0 aliphatic rings. The summed E-state index contributed by atoms with van der Waals surface area (Å²) in [6, 6.07) is 44.1. The van der Waals surface area contributed by atoms with Crippen LogP contribution in [0.3, 0.4) is 0 Å². The molecule has 0 aliphatic carbocycles. The molecule has 0 spiro atoms. The predicted octanol–water partition coefficient (Wildman–Crippen LogP) is 10.8. The number of benzene rings is 5. The van der Waals surface area contributed by atoms with Crippen LogP contribution in [0, 0.1) is 0 Å². The third-order valence-electron chi connectivity index (χ3n) is 8.51. The van der Waals surface area contributed by atoms with E-state index in [0.717, 1.165) is 22.5 Å². The number of thiophene rings is 2. The van der Waals surface area contributed by atoms with Crippen LogP contribution in [-0.2, 0) is 0 Å². The van der Waals surface area contributed by atoms with Crippen LogP contribution in [0.25, 0.3) is 84.6 Å². The van der Waals surface area contributed by atoms with Crippen molar-refractivity contribution in [3.05, 3.63) is 128 Å². The largest absolute Gasteiger partial charge is 0.301 e. The van der Waals surface area contributed by atoms with Crippen LogP contribution >= 0.6 is 22.7 Å². The standard InChI is InChI=1S/C37H21N3S2/c1-2-9-24-21-39-26(16-22(24)8-1)18-31(38-39)23-10-7-11-25(17-23)40-32-19-29-27-12-3-5-14-33(27)41-35(29)20-30(32)36-28-13-4-6-15-34(28)42-37(36)40/h1-21H. The van der Waals surface area contributed by atoms with Gasteiger partial charge in [0.25, 0.3) is 0 Å². The zero-order chi connectivity index (χ0) is 27.4. The molecule has 0 aliphatic heterocycles. The average Bonchev–Trinajstić information content (AvgIpc) is 3.78. The van der Waals surface area contributed by atoms with Crippen molar-refractivity contribution in [1.82, 2.24) is 14.2 Å². The first-order valence-corrected chi connectivity index (χ1v) is 15.7. The first-order valence-electron chi connectivity index (χ1n) is 14.0. The summed E-state index contributed by atoms with van der Waals surface area (Å²) in [6.45, 7) is 0. The molecule has 0 amide bonds. The number of fused-ring (bicyclic) bond motifs is 10. The topological polar surface area (TPSA) is 22.2 Å². The molecule has 5 aromatic heterocycles. The minimum atomic E-state index is 0.974. The first kappa shape index (κ1) is 22.7. The quantitative estimate of drug-likeness (QED) is 0.202. The fourth-order valence-corrected chi connectivity index (χ4v) is 8.96. The van der Waals surface area contributed by atoms with Crippen LogP contribution in [0.1, 0.15) is 0 Å². The predicted molar refractivity (Wildman–Crippen MR) is 181 cm³/mol. The summed E-state index contributed by atoms with van der Waals surface area (Å²) < 4.78 is 8.45. The highest BCUT2D eigenvalue weighted by molar-refractivity contribution is 7.26. The zero-order valence-corrected chi connectivity index (χ0v) is 23.9. The highest BCUT2D eigenvalue weighted by Crippen LogP contribution is 2.45. The molecule has 0 N–H and O–H groups in total. The molecule has 0 atom stereocenters. The molecular formula is C37H21N3S2. The molecular weight excluding hydrogens is 551 g/mol. The normalized spacial score (nSPS) is 12.3. The molecule has 5 heterocycles. The number of aromatic nitrogens is 3. The Morgan fingerprint density at radius 1 is 0.548 bits per heavy atom. The van der Waals surface area contributed by atoms with E-state index in [1.165, 1.54) is 62.2 Å². The van der Waals surface area contributed by atoms with Gasteiger partial charge in [0.1, 0.15) is 4.83 Å². The Morgan fingerprint density at radius 3 is 2.24 bits per heavy atom. The van der Waals surface area contributed by atoms with Gasteiger partial charge in [-0.25, -0.2) is 4.52 Å². The van der Waals surface area contributed by atoms with Crippen molar-refractivity contribution in [2.45, 2.75) is 0 Å². The Labute approximate surface area is 248 Å². The molecule has 10 aromatic rings. The second kappa shape index (κ2) is 8.29. The van der Waals surface area contributed by atoms with Crippen LogP contribution in [0.4, 0.5) is 0 Å². The molecule has 196 valence electrons. The lowest BCUT2D eigenvalue weighted by molar-refractivity contribution is 0.974. The summed E-state index contributed by atoms with van der Waals surface area (Å²) in [6.07, 6.45) is 2.12. The lowest BCUT2D eigenvalue weighted by Gasteiger charge is -2.09. The van der Waals surface area contributed by atoms with Crippen molar-refractivity contribution in [2.75, 3.05) is 0 Å². The van der Waals surface area contributed by atoms with Gasteiger partial charge in [-0.2, -0.15) is 5.10 Å². The lowest BCUT2D eigenvalue weighted by Crippen LogP contribution is -1.93. The van der Waals surface area contributed by atoms with Crippen LogP contribution < -0.4 is 0 Å². The van der Waals surface area contributed by atoms with Crippen LogP contribution in [0.5, 0.6) is 0 Å². The van der Waals surface area contributed by atoms with Crippen molar-refractivity contribution in [1.29, 1.82) is 0 Å². The van der Waals surface area contributed by atoms with Gasteiger partial charge in [-0.15, -0.1) is 22.7 Å². The minimum absolute atomic E-state index is 0.974. The van der Waals surface area contributed by atoms with E-state index >= 15 is 0 Å². The van der Waals surface area contributed by atoms with Crippen LogP contribution in [0.15, 0.2) is 128 Å². The summed E-state index contributed by atoms with van der Waals surface area (Å²) in [5.74, 6) is 0. The van der Waals surface area contributed by atoms with Gasteiger partial charge >= 0.3 is 0 Å². The second-order valence-corrected chi connectivity index (χ2v) is 13.0. The van der Waals surface area contributed by atoms with Gasteiger partial charge in [0.05, 0.1) is 16.7 Å². The van der Waals surface area contributed by atoms with Gasteiger partial charge in [-0.05, 0) is 53.9 Å². The van der Waals surface area contributed by atoms with E-state index in [4.69, 9.17) is 5.10 Å². The molecule has 0 saturated heterocycles. The van der Waals surface area contributed by atoms with E-state index in [0.29, 0.717) is 0 Å².